The summed E-state index contributed by atoms with van der Waals surface area (Å²) in [4.78, 5) is 23.5. The van der Waals surface area contributed by atoms with E-state index in [9.17, 15) is 18.4 Å². The van der Waals surface area contributed by atoms with Gasteiger partial charge in [0.25, 0.3) is 0 Å². The lowest BCUT2D eigenvalue weighted by molar-refractivity contribution is -0.138. The third-order valence-corrected chi connectivity index (χ3v) is 2.86. The number of carbonyl (C=O) groups excluding carboxylic acids is 1. The zero-order valence-corrected chi connectivity index (χ0v) is 11.6. The number of carbonyl (C=O) groups is 2. The molecule has 0 fully saturated rings. The van der Waals surface area contributed by atoms with Crippen molar-refractivity contribution in [2.75, 3.05) is 13.6 Å². The van der Waals surface area contributed by atoms with Crippen molar-refractivity contribution in [3.05, 3.63) is 29.8 Å². The maximum absolute atomic E-state index is 12.0. The molecule has 0 saturated heterocycles. The summed E-state index contributed by atoms with van der Waals surface area (Å²) in [6.45, 7) is -2.70. The third-order valence-electron chi connectivity index (χ3n) is 2.86. The maximum Gasteiger partial charge on any atom is 0.387 e. The molecule has 0 radical (unpaired) electrons. The molecular formula is C14H17F2NO4. The molecule has 1 amide bonds. The van der Waals surface area contributed by atoms with E-state index in [0.717, 1.165) is 5.56 Å². The Balaban J connectivity index is 2.40. The van der Waals surface area contributed by atoms with Crippen molar-refractivity contribution in [2.45, 2.75) is 25.9 Å². The summed E-state index contributed by atoms with van der Waals surface area (Å²) < 4.78 is 28.2. The zero-order chi connectivity index (χ0) is 15.8. The number of nitrogens with zero attached hydrogens (tertiary/aromatic N) is 1. The zero-order valence-electron chi connectivity index (χ0n) is 11.6. The summed E-state index contributed by atoms with van der Waals surface area (Å²) in [6, 6.07) is 6.06. The van der Waals surface area contributed by atoms with Crippen LogP contribution < -0.4 is 4.74 Å². The van der Waals surface area contributed by atoms with Gasteiger partial charge in [-0.2, -0.15) is 8.78 Å². The van der Waals surface area contributed by atoms with Crippen LogP contribution in [0, 0.1) is 0 Å². The van der Waals surface area contributed by atoms with Crippen LogP contribution in [0.4, 0.5) is 8.78 Å². The van der Waals surface area contributed by atoms with Crippen LogP contribution in [0.3, 0.4) is 0 Å². The Morgan fingerprint density at radius 1 is 1.24 bits per heavy atom. The van der Waals surface area contributed by atoms with Gasteiger partial charge in [-0.05, 0) is 24.1 Å². The van der Waals surface area contributed by atoms with Gasteiger partial charge in [-0.25, -0.2) is 0 Å². The summed E-state index contributed by atoms with van der Waals surface area (Å²) in [6.07, 6.45) is 0.582. The summed E-state index contributed by atoms with van der Waals surface area (Å²) >= 11 is 0. The Morgan fingerprint density at radius 2 is 1.86 bits per heavy atom. The Morgan fingerprint density at radius 3 is 2.38 bits per heavy atom. The van der Waals surface area contributed by atoms with Crippen LogP contribution in [0.2, 0.25) is 0 Å². The Bertz CT molecular complexity index is 476. The van der Waals surface area contributed by atoms with Crippen molar-refractivity contribution in [3.63, 3.8) is 0 Å². The Kier molecular flexibility index (Phi) is 6.58. The first-order chi connectivity index (χ1) is 9.88. The number of hydrogen-bond donors (Lipinski definition) is 1. The van der Waals surface area contributed by atoms with Gasteiger partial charge in [0.15, 0.2) is 0 Å². The first kappa shape index (κ1) is 16.9. The van der Waals surface area contributed by atoms with E-state index in [-0.39, 0.29) is 31.0 Å². The minimum atomic E-state index is -2.86. The predicted octanol–water partition coefficient (Wildman–Crippen LogP) is 2.15. The van der Waals surface area contributed by atoms with Gasteiger partial charge < -0.3 is 14.7 Å². The fourth-order valence-electron chi connectivity index (χ4n) is 1.67. The SMILES string of the molecule is CN(CCC(=O)O)C(=O)CCc1ccc(OC(F)F)cc1. The molecule has 1 aromatic carbocycles. The fourth-order valence-corrected chi connectivity index (χ4v) is 1.67. The van der Waals surface area contributed by atoms with Crippen LogP contribution in [0.5, 0.6) is 5.75 Å². The lowest BCUT2D eigenvalue weighted by Gasteiger charge is -2.15. The second-order valence-electron chi connectivity index (χ2n) is 4.48. The van der Waals surface area contributed by atoms with Gasteiger partial charge in [0.2, 0.25) is 5.91 Å². The fraction of sp³-hybridized carbons (Fsp3) is 0.429. The second kappa shape index (κ2) is 8.18. The van der Waals surface area contributed by atoms with Gasteiger partial charge in [-0.3, -0.25) is 9.59 Å². The van der Waals surface area contributed by atoms with Crippen LogP contribution in [-0.4, -0.2) is 42.1 Å². The molecule has 1 rings (SSSR count). The van der Waals surface area contributed by atoms with Crippen LogP contribution in [0.15, 0.2) is 24.3 Å². The lowest BCUT2D eigenvalue weighted by atomic mass is 10.1. The highest BCUT2D eigenvalue weighted by Crippen LogP contribution is 2.16. The van der Waals surface area contributed by atoms with E-state index in [0.29, 0.717) is 6.42 Å². The van der Waals surface area contributed by atoms with Crippen molar-refractivity contribution in [1.29, 1.82) is 0 Å². The molecule has 0 spiro atoms. The molecule has 0 aromatic heterocycles. The number of rotatable bonds is 8. The second-order valence-corrected chi connectivity index (χ2v) is 4.48. The average Bonchev–Trinajstić information content (AvgIpc) is 2.43. The van der Waals surface area contributed by atoms with E-state index >= 15 is 0 Å². The normalized spacial score (nSPS) is 10.5. The molecule has 0 atom stereocenters. The van der Waals surface area contributed by atoms with E-state index in [4.69, 9.17) is 5.11 Å². The van der Waals surface area contributed by atoms with Crippen LogP contribution in [-0.2, 0) is 16.0 Å². The summed E-state index contributed by atoms with van der Waals surface area (Å²) in [5, 5.41) is 8.54. The van der Waals surface area contributed by atoms with E-state index in [1.807, 2.05) is 0 Å². The van der Waals surface area contributed by atoms with E-state index in [2.05, 4.69) is 4.74 Å². The summed E-state index contributed by atoms with van der Waals surface area (Å²) in [5.41, 5.74) is 0.816. The van der Waals surface area contributed by atoms with E-state index < -0.39 is 12.6 Å². The quantitative estimate of drug-likeness (QED) is 0.799. The number of benzene rings is 1. The number of alkyl halides is 2. The van der Waals surface area contributed by atoms with E-state index in [1.165, 1.54) is 17.0 Å². The number of amides is 1. The molecule has 0 bridgehead atoms. The molecule has 0 aliphatic heterocycles. The average molecular weight is 301 g/mol. The number of hydrogen-bond acceptors (Lipinski definition) is 3. The van der Waals surface area contributed by atoms with Crippen molar-refractivity contribution in [1.82, 2.24) is 4.90 Å². The monoisotopic (exact) mass is 301 g/mol. The first-order valence-electron chi connectivity index (χ1n) is 6.38. The number of carboxylic acid groups (broad SMARTS) is 1. The number of halogens is 2. The molecule has 7 heteroatoms. The maximum atomic E-state index is 12.0. The number of ether oxygens (including phenoxy) is 1. The minimum Gasteiger partial charge on any atom is -0.481 e. The van der Waals surface area contributed by atoms with Crippen molar-refractivity contribution in [2.24, 2.45) is 0 Å². The number of aryl methyl sites for hydroxylation is 1. The molecule has 0 aliphatic carbocycles. The van der Waals surface area contributed by atoms with Crippen molar-refractivity contribution < 1.29 is 28.2 Å². The van der Waals surface area contributed by atoms with Gasteiger partial charge in [0.1, 0.15) is 5.75 Å². The molecule has 1 aromatic rings. The Hall–Kier alpha value is -2.18. The smallest absolute Gasteiger partial charge is 0.387 e. The largest absolute Gasteiger partial charge is 0.481 e. The van der Waals surface area contributed by atoms with Gasteiger partial charge in [0.05, 0.1) is 6.42 Å². The minimum absolute atomic E-state index is 0.0682. The first-order valence-corrected chi connectivity index (χ1v) is 6.38. The third kappa shape index (κ3) is 6.69. The molecule has 0 heterocycles. The van der Waals surface area contributed by atoms with Gasteiger partial charge in [-0.15, -0.1) is 0 Å². The van der Waals surface area contributed by atoms with Gasteiger partial charge in [0, 0.05) is 20.0 Å². The molecule has 0 saturated carbocycles. The summed E-state index contributed by atoms with van der Waals surface area (Å²) in [5.74, 6) is -1.05. The van der Waals surface area contributed by atoms with Crippen LogP contribution in [0.25, 0.3) is 0 Å². The molecule has 0 aliphatic rings. The molecule has 21 heavy (non-hydrogen) atoms. The highest BCUT2D eigenvalue weighted by atomic mass is 19.3. The highest BCUT2D eigenvalue weighted by molar-refractivity contribution is 5.77. The molecule has 5 nitrogen and oxygen atoms in total. The van der Waals surface area contributed by atoms with Crippen molar-refractivity contribution in [3.8, 4) is 5.75 Å². The molecule has 1 N–H and O–H groups in total. The highest BCUT2D eigenvalue weighted by Gasteiger charge is 2.10. The van der Waals surface area contributed by atoms with Gasteiger partial charge in [-0.1, -0.05) is 12.1 Å². The van der Waals surface area contributed by atoms with E-state index in [1.54, 1.807) is 19.2 Å². The van der Waals surface area contributed by atoms with Gasteiger partial charge >= 0.3 is 12.6 Å². The lowest BCUT2D eigenvalue weighted by Crippen LogP contribution is -2.29. The number of carboxylic acids is 1. The molecule has 116 valence electrons. The van der Waals surface area contributed by atoms with Crippen LogP contribution >= 0.6 is 0 Å². The van der Waals surface area contributed by atoms with Crippen molar-refractivity contribution >= 4 is 11.9 Å². The number of aliphatic carboxylic acids is 1. The molecular weight excluding hydrogens is 284 g/mol. The predicted molar refractivity (Wildman–Crippen MR) is 71.3 cm³/mol. The molecule has 0 unspecified atom stereocenters. The topological polar surface area (TPSA) is 66.8 Å². The standard InChI is InChI=1S/C14H17F2NO4/c1-17(9-8-13(19)20)12(18)7-4-10-2-5-11(6-3-10)21-14(15)16/h2-3,5-6,14H,4,7-9H2,1H3,(H,19,20). The Labute approximate surface area is 121 Å². The van der Waals surface area contributed by atoms with Crippen LogP contribution in [0.1, 0.15) is 18.4 Å². The summed E-state index contributed by atoms with van der Waals surface area (Å²) in [7, 11) is 1.55.